The molecule has 2 heterocycles. The number of H-pyrrole nitrogens is 1. The van der Waals surface area contributed by atoms with E-state index in [0.717, 1.165) is 17.5 Å². The molecule has 2 aromatic rings. The van der Waals surface area contributed by atoms with E-state index in [-0.39, 0.29) is 22.3 Å². The van der Waals surface area contributed by atoms with Crippen molar-refractivity contribution in [3.8, 4) is 17.4 Å². The van der Waals surface area contributed by atoms with E-state index in [1.807, 2.05) is 26.0 Å². The Morgan fingerprint density at radius 3 is 2.54 bits per heavy atom. The van der Waals surface area contributed by atoms with Crippen LogP contribution < -0.4 is 20.3 Å². The zero-order valence-corrected chi connectivity index (χ0v) is 16.1. The predicted octanol–water partition coefficient (Wildman–Crippen LogP) is 2.44. The quantitative estimate of drug-likeness (QED) is 0.710. The first-order chi connectivity index (χ1) is 12.4. The lowest BCUT2D eigenvalue weighted by molar-refractivity contribution is 0.351. The number of nitrogens with zero attached hydrogens (tertiary/aromatic N) is 1. The van der Waals surface area contributed by atoms with E-state index in [1.165, 1.54) is 0 Å². The van der Waals surface area contributed by atoms with Crippen LogP contribution in [0.15, 0.2) is 16.9 Å². The molecule has 0 bridgehead atoms. The second-order valence-corrected chi connectivity index (χ2v) is 6.89. The monoisotopic (exact) mass is 377 g/mol. The standard InChI is InChI=1S/C18H23N3O4S/c1-9(2)21-17(23)14(16(22)20-18(21)26)15-11-8-13(25-4)12(24-3)7-10(11)5-6-19-15/h7-9,15,19,23H,5-6H2,1-4H3,(H,20,22,26). The summed E-state index contributed by atoms with van der Waals surface area (Å²) < 4.78 is 12.5. The van der Waals surface area contributed by atoms with Crippen molar-refractivity contribution >= 4 is 12.2 Å². The highest BCUT2D eigenvalue weighted by atomic mass is 32.1. The van der Waals surface area contributed by atoms with Crippen LogP contribution in [0.4, 0.5) is 0 Å². The minimum atomic E-state index is -0.470. The highest BCUT2D eigenvalue weighted by Gasteiger charge is 2.29. The number of rotatable bonds is 4. The minimum Gasteiger partial charge on any atom is -0.494 e. The van der Waals surface area contributed by atoms with Crippen LogP contribution in [0.25, 0.3) is 0 Å². The van der Waals surface area contributed by atoms with Crippen LogP contribution in [0.2, 0.25) is 0 Å². The van der Waals surface area contributed by atoms with Crippen molar-refractivity contribution in [2.24, 2.45) is 0 Å². The summed E-state index contributed by atoms with van der Waals surface area (Å²) in [5, 5.41) is 14.1. The topological polar surface area (TPSA) is 88.5 Å². The first kappa shape index (κ1) is 18.5. The number of hydrogen-bond acceptors (Lipinski definition) is 6. The molecule has 0 radical (unpaired) electrons. The lowest BCUT2D eigenvalue weighted by Gasteiger charge is -2.29. The Hall–Kier alpha value is -2.32. The van der Waals surface area contributed by atoms with E-state index < -0.39 is 11.6 Å². The van der Waals surface area contributed by atoms with Crippen molar-refractivity contribution in [3.63, 3.8) is 0 Å². The second kappa shape index (κ2) is 7.13. The highest BCUT2D eigenvalue weighted by molar-refractivity contribution is 7.71. The molecule has 1 aliphatic heterocycles. The molecule has 0 amide bonds. The van der Waals surface area contributed by atoms with Crippen LogP contribution in [0.3, 0.4) is 0 Å². The molecule has 0 fully saturated rings. The zero-order chi connectivity index (χ0) is 19.0. The van der Waals surface area contributed by atoms with Crippen molar-refractivity contribution in [2.75, 3.05) is 20.8 Å². The van der Waals surface area contributed by atoms with Gasteiger partial charge in [0.05, 0.1) is 25.8 Å². The summed E-state index contributed by atoms with van der Waals surface area (Å²) in [6.45, 7) is 4.46. The number of nitrogens with one attached hydrogen (secondary N) is 2. The third-order valence-corrected chi connectivity index (χ3v) is 4.96. The molecule has 1 unspecified atom stereocenters. The van der Waals surface area contributed by atoms with Gasteiger partial charge in [-0.05, 0) is 55.7 Å². The number of ether oxygens (including phenoxy) is 2. The Balaban J connectivity index is 2.24. The fourth-order valence-electron chi connectivity index (χ4n) is 3.43. The van der Waals surface area contributed by atoms with Gasteiger partial charge in [0, 0.05) is 12.6 Å². The molecule has 1 aliphatic rings. The van der Waals surface area contributed by atoms with E-state index in [4.69, 9.17) is 21.7 Å². The normalized spacial score (nSPS) is 16.4. The van der Waals surface area contributed by atoms with Crippen molar-refractivity contribution in [3.05, 3.63) is 43.9 Å². The Kier molecular flexibility index (Phi) is 5.06. The third-order valence-electron chi connectivity index (χ3n) is 4.66. The van der Waals surface area contributed by atoms with Gasteiger partial charge in [-0.15, -0.1) is 0 Å². The first-order valence-electron chi connectivity index (χ1n) is 8.44. The average Bonchev–Trinajstić information content (AvgIpc) is 2.59. The molecule has 8 heteroatoms. The molecule has 3 N–H and O–H groups in total. The van der Waals surface area contributed by atoms with Crippen LogP contribution in [0, 0.1) is 4.77 Å². The smallest absolute Gasteiger partial charge is 0.260 e. The molecule has 1 atom stereocenters. The summed E-state index contributed by atoms with van der Waals surface area (Å²) in [6, 6.07) is 3.21. The lowest BCUT2D eigenvalue weighted by Crippen LogP contribution is -2.35. The van der Waals surface area contributed by atoms with E-state index in [9.17, 15) is 9.90 Å². The largest absolute Gasteiger partial charge is 0.494 e. The molecule has 0 saturated carbocycles. The van der Waals surface area contributed by atoms with Crippen molar-refractivity contribution < 1.29 is 14.6 Å². The average molecular weight is 377 g/mol. The summed E-state index contributed by atoms with van der Waals surface area (Å²) >= 11 is 5.20. The number of aromatic hydroxyl groups is 1. The van der Waals surface area contributed by atoms with E-state index in [0.29, 0.717) is 18.0 Å². The maximum Gasteiger partial charge on any atom is 0.260 e. The van der Waals surface area contributed by atoms with Gasteiger partial charge < -0.3 is 19.9 Å². The first-order valence-corrected chi connectivity index (χ1v) is 8.85. The number of methoxy groups -OCH3 is 2. The molecule has 7 nitrogen and oxygen atoms in total. The summed E-state index contributed by atoms with van der Waals surface area (Å²) in [5.74, 6) is 1.10. The van der Waals surface area contributed by atoms with Gasteiger partial charge in [0.25, 0.3) is 5.56 Å². The highest BCUT2D eigenvalue weighted by Crippen LogP contribution is 2.38. The van der Waals surface area contributed by atoms with Crippen LogP contribution in [0.5, 0.6) is 17.4 Å². The van der Waals surface area contributed by atoms with Gasteiger partial charge in [0.15, 0.2) is 16.3 Å². The fraction of sp³-hybridized carbons (Fsp3) is 0.444. The van der Waals surface area contributed by atoms with Crippen molar-refractivity contribution in [1.82, 2.24) is 14.9 Å². The Morgan fingerprint density at radius 1 is 1.27 bits per heavy atom. The number of hydrogen-bond donors (Lipinski definition) is 3. The van der Waals surface area contributed by atoms with Gasteiger partial charge in [-0.1, -0.05) is 0 Å². The fourth-order valence-corrected chi connectivity index (χ4v) is 3.82. The van der Waals surface area contributed by atoms with Crippen LogP contribution in [-0.2, 0) is 6.42 Å². The zero-order valence-electron chi connectivity index (χ0n) is 15.3. The maximum absolute atomic E-state index is 12.6. The molecular formula is C18H23N3O4S. The lowest BCUT2D eigenvalue weighted by atomic mass is 9.90. The van der Waals surface area contributed by atoms with Crippen LogP contribution in [-0.4, -0.2) is 35.4 Å². The summed E-state index contributed by atoms with van der Waals surface area (Å²) in [4.78, 5) is 15.3. The van der Waals surface area contributed by atoms with Gasteiger partial charge in [-0.3, -0.25) is 14.3 Å². The number of fused-ring (bicyclic) bond motifs is 1. The Morgan fingerprint density at radius 2 is 1.92 bits per heavy atom. The van der Waals surface area contributed by atoms with Gasteiger partial charge in [0.1, 0.15) is 0 Å². The second-order valence-electron chi connectivity index (χ2n) is 6.50. The summed E-state index contributed by atoms with van der Waals surface area (Å²) in [5.41, 5.74) is 1.77. The molecule has 0 aliphatic carbocycles. The Labute approximate surface area is 156 Å². The number of benzene rings is 1. The third kappa shape index (κ3) is 2.99. The van der Waals surface area contributed by atoms with Gasteiger partial charge in [-0.25, -0.2) is 0 Å². The van der Waals surface area contributed by atoms with Gasteiger partial charge in [0.2, 0.25) is 5.88 Å². The SMILES string of the molecule is COc1cc2c(cc1OC)C(c1c(O)n(C(C)C)c(=S)[nH]c1=O)NCC2. The minimum absolute atomic E-state index is 0.0911. The molecule has 1 aromatic carbocycles. The predicted molar refractivity (Wildman–Crippen MR) is 101 cm³/mol. The van der Waals surface area contributed by atoms with E-state index in [1.54, 1.807) is 18.8 Å². The Bertz CT molecular complexity index is 949. The maximum atomic E-state index is 12.6. The molecule has 1 aromatic heterocycles. The molecule has 0 saturated heterocycles. The van der Waals surface area contributed by atoms with Gasteiger partial charge in [-0.2, -0.15) is 0 Å². The van der Waals surface area contributed by atoms with Crippen molar-refractivity contribution in [2.45, 2.75) is 32.4 Å². The van der Waals surface area contributed by atoms with Gasteiger partial charge >= 0.3 is 0 Å². The number of aromatic nitrogens is 2. The summed E-state index contributed by atoms with van der Waals surface area (Å²) in [6.07, 6.45) is 0.786. The van der Waals surface area contributed by atoms with Crippen LogP contribution in [0.1, 0.15) is 42.6 Å². The molecule has 0 spiro atoms. The number of aromatic amines is 1. The van der Waals surface area contributed by atoms with E-state index in [2.05, 4.69) is 10.3 Å². The summed E-state index contributed by atoms with van der Waals surface area (Å²) in [7, 11) is 3.16. The molecule has 26 heavy (non-hydrogen) atoms. The molecule has 3 rings (SSSR count). The van der Waals surface area contributed by atoms with Crippen molar-refractivity contribution in [1.29, 1.82) is 0 Å². The van der Waals surface area contributed by atoms with Crippen LogP contribution >= 0.6 is 12.2 Å². The van der Waals surface area contributed by atoms with E-state index >= 15 is 0 Å². The molecular weight excluding hydrogens is 354 g/mol. The molecule has 140 valence electrons.